The second-order valence-corrected chi connectivity index (χ2v) is 6.47. The average molecular weight is 170 g/mol. The van der Waals surface area contributed by atoms with E-state index in [0.29, 0.717) is 10.5 Å². The summed E-state index contributed by atoms with van der Waals surface area (Å²) in [5.74, 6) is 1.94. The molecule has 0 aromatic carbocycles. The Morgan fingerprint density at radius 2 is 1.27 bits per heavy atom. The molecule has 4 aliphatic rings. The van der Waals surface area contributed by atoms with Gasteiger partial charge in [0.15, 0.2) is 0 Å². The van der Waals surface area contributed by atoms with Crippen molar-refractivity contribution in [3.8, 4) is 0 Å². The van der Waals surface area contributed by atoms with Crippen LogP contribution in [0.15, 0.2) is 0 Å². The lowest BCUT2D eigenvalue weighted by Crippen LogP contribution is -2.47. The summed E-state index contributed by atoms with van der Waals surface area (Å²) < 4.78 is 11.7. The van der Waals surface area contributed by atoms with E-state index in [1.807, 2.05) is 0 Å². The molecule has 0 amide bonds. The second kappa shape index (κ2) is 2.09. The predicted molar refractivity (Wildman–Crippen MR) is 45.8 cm³/mol. The van der Waals surface area contributed by atoms with Crippen LogP contribution in [0.4, 0.5) is 0 Å². The number of rotatable bonds is 0. The van der Waals surface area contributed by atoms with E-state index in [1.54, 1.807) is 0 Å². The van der Waals surface area contributed by atoms with Crippen LogP contribution in [0.1, 0.15) is 32.1 Å². The van der Waals surface area contributed by atoms with Gasteiger partial charge in [-0.15, -0.1) is 0 Å². The Kier molecular flexibility index (Phi) is 1.26. The molecule has 0 unspecified atom stereocenters. The van der Waals surface area contributed by atoms with Gasteiger partial charge in [0.1, 0.15) is 0 Å². The molecule has 2 heteroatoms. The van der Waals surface area contributed by atoms with Gasteiger partial charge >= 0.3 is 0 Å². The lowest BCUT2D eigenvalue weighted by Gasteiger charge is -2.48. The van der Waals surface area contributed by atoms with Gasteiger partial charge in [-0.2, -0.15) is 0 Å². The number of hydrogen-bond donors (Lipinski definition) is 0. The maximum Gasteiger partial charge on any atom is 0.0356 e. The van der Waals surface area contributed by atoms with E-state index in [0.717, 1.165) is 11.8 Å². The Labute approximate surface area is 70.0 Å². The van der Waals surface area contributed by atoms with Crippen LogP contribution in [0, 0.1) is 11.8 Å². The van der Waals surface area contributed by atoms with Gasteiger partial charge in [-0.25, -0.2) is 0 Å². The molecule has 4 bridgehead atoms. The maximum atomic E-state index is 11.7. The van der Waals surface area contributed by atoms with E-state index in [1.165, 1.54) is 32.1 Å². The highest BCUT2D eigenvalue weighted by Crippen LogP contribution is 2.49. The van der Waals surface area contributed by atoms with Crippen molar-refractivity contribution in [2.24, 2.45) is 11.8 Å². The zero-order chi connectivity index (χ0) is 7.42. The molecule has 0 radical (unpaired) electrons. The SMILES string of the molecule is O=S1C2CC3CC(C2)CC1C3. The Bertz CT molecular complexity index is 182. The minimum absolute atomic E-state index is 0.426. The molecule has 2 saturated heterocycles. The molecule has 2 aliphatic heterocycles. The van der Waals surface area contributed by atoms with Crippen LogP contribution in [0.3, 0.4) is 0 Å². The third-order valence-electron chi connectivity index (χ3n) is 3.71. The van der Waals surface area contributed by atoms with Crippen LogP contribution in [-0.2, 0) is 10.8 Å². The quantitative estimate of drug-likeness (QED) is 0.541. The molecular formula is C9H14OS. The van der Waals surface area contributed by atoms with E-state index in [9.17, 15) is 4.21 Å². The lowest BCUT2D eigenvalue weighted by molar-refractivity contribution is 0.179. The fourth-order valence-electron chi connectivity index (χ4n) is 3.38. The van der Waals surface area contributed by atoms with Gasteiger partial charge in [-0.05, 0) is 43.9 Å². The molecule has 0 N–H and O–H groups in total. The zero-order valence-corrected chi connectivity index (χ0v) is 7.48. The van der Waals surface area contributed by atoms with Crippen LogP contribution in [0.25, 0.3) is 0 Å². The third kappa shape index (κ3) is 0.851. The third-order valence-corrected chi connectivity index (χ3v) is 5.79. The molecule has 0 spiro atoms. The van der Waals surface area contributed by atoms with E-state index in [-0.39, 0.29) is 0 Å². The summed E-state index contributed by atoms with van der Waals surface area (Å²) in [6.07, 6.45) is 6.63. The van der Waals surface area contributed by atoms with E-state index in [4.69, 9.17) is 0 Å². The first-order valence-electron chi connectivity index (χ1n) is 4.72. The van der Waals surface area contributed by atoms with E-state index >= 15 is 0 Å². The van der Waals surface area contributed by atoms with Crippen molar-refractivity contribution in [2.45, 2.75) is 42.6 Å². The van der Waals surface area contributed by atoms with Gasteiger partial charge in [0.05, 0.1) is 0 Å². The lowest BCUT2D eigenvalue weighted by atomic mass is 9.71. The normalized spacial score (nSPS) is 60.2. The van der Waals surface area contributed by atoms with E-state index in [2.05, 4.69) is 0 Å². The van der Waals surface area contributed by atoms with Gasteiger partial charge in [0.2, 0.25) is 0 Å². The first-order chi connectivity index (χ1) is 5.33. The highest BCUT2D eigenvalue weighted by atomic mass is 32.2. The molecule has 11 heavy (non-hydrogen) atoms. The fraction of sp³-hybridized carbons (Fsp3) is 1.00. The van der Waals surface area contributed by atoms with Gasteiger partial charge in [-0.1, -0.05) is 0 Å². The molecule has 0 atom stereocenters. The summed E-state index contributed by atoms with van der Waals surface area (Å²) in [6, 6.07) is 0. The average Bonchev–Trinajstić information content (AvgIpc) is 1.98. The van der Waals surface area contributed by atoms with Crippen molar-refractivity contribution in [3.63, 3.8) is 0 Å². The minimum Gasteiger partial charge on any atom is -0.259 e. The molecular weight excluding hydrogens is 156 g/mol. The van der Waals surface area contributed by atoms with Gasteiger partial charge in [0.25, 0.3) is 0 Å². The summed E-state index contributed by atoms with van der Waals surface area (Å²) in [4.78, 5) is 0. The molecule has 4 fully saturated rings. The topological polar surface area (TPSA) is 17.1 Å². The van der Waals surface area contributed by atoms with Crippen LogP contribution in [-0.4, -0.2) is 14.7 Å². The Hall–Kier alpha value is 0.150. The molecule has 4 rings (SSSR count). The molecule has 0 aromatic heterocycles. The predicted octanol–water partition coefficient (Wildman–Crippen LogP) is 1.70. The molecule has 62 valence electrons. The van der Waals surface area contributed by atoms with Crippen molar-refractivity contribution < 1.29 is 4.21 Å². The van der Waals surface area contributed by atoms with Crippen LogP contribution in [0.2, 0.25) is 0 Å². The van der Waals surface area contributed by atoms with Gasteiger partial charge < -0.3 is 0 Å². The van der Waals surface area contributed by atoms with Crippen LogP contribution >= 0.6 is 0 Å². The molecule has 2 saturated carbocycles. The summed E-state index contributed by atoms with van der Waals surface area (Å²) >= 11 is 0. The first kappa shape index (κ1) is 6.64. The maximum absolute atomic E-state index is 11.7. The standard InChI is InChI=1S/C9H14OS/c10-11-8-2-6-1-7(4-8)5-9(11)3-6/h6-9H,1-5H2. The Morgan fingerprint density at radius 1 is 0.818 bits per heavy atom. The van der Waals surface area contributed by atoms with Crippen LogP contribution < -0.4 is 0 Å². The fourth-order valence-corrected chi connectivity index (χ4v) is 5.77. The largest absolute Gasteiger partial charge is 0.259 e. The Morgan fingerprint density at radius 3 is 1.73 bits per heavy atom. The molecule has 2 heterocycles. The zero-order valence-electron chi connectivity index (χ0n) is 6.66. The summed E-state index contributed by atoms with van der Waals surface area (Å²) in [5.41, 5.74) is 0. The molecule has 1 nitrogen and oxygen atoms in total. The number of hydrogen-bond acceptors (Lipinski definition) is 1. The minimum atomic E-state index is -0.426. The van der Waals surface area contributed by atoms with Crippen LogP contribution in [0.5, 0.6) is 0 Å². The highest BCUT2D eigenvalue weighted by Gasteiger charge is 2.46. The second-order valence-electron chi connectivity index (χ2n) is 4.48. The van der Waals surface area contributed by atoms with Crippen molar-refractivity contribution in [2.75, 3.05) is 0 Å². The highest BCUT2D eigenvalue weighted by molar-refractivity contribution is 7.86. The monoisotopic (exact) mass is 170 g/mol. The molecule has 2 aliphatic carbocycles. The Balaban J connectivity index is 1.96. The van der Waals surface area contributed by atoms with Crippen molar-refractivity contribution in [3.05, 3.63) is 0 Å². The summed E-state index contributed by atoms with van der Waals surface area (Å²) in [5, 5.41) is 1.23. The van der Waals surface area contributed by atoms with Gasteiger partial charge in [-0.3, -0.25) is 4.21 Å². The summed E-state index contributed by atoms with van der Waals surface area (Å²) in [6.45, 7) is 0. The first-order valence-corrected chi connectivity index (χ1v) is 6.00. The molecule has 0 aromatic rings. The van der Waals surface area contributed by atoms with Gasteiger partial charge in [0, 0.05) is 21.3 Å². The summed E-state index contributed by atoms with van der Waals surface area (Å²) in [7, 11) is -0.426. The van der Waals surface area contributed by atoms with E-state index < -0.39 is 10.8 Å². The van der Waals surface area contributed by atoms with Crippen molar-refractivity contribution in [1.29, 1.82) is 0 Å². The van der Waals surface area contributed by atoms with Crippen molar-refractivity contribution in [1.82, 2.24) is 0 Å². The smallest absolute Gasteiger partial charge is 0.0356 e. The van der Waals surface area contributed by atoms with Crippen molar-refractivity contribution >= 4 is 10.8 Å².